The van der Waals surface area contributed by atoms with Crippen LogP contribution in [0.15, 0.2) is 54.6 Å². The number of ketones is 1. The molecule has 0 aliphatic carbocycles. The van der Waals surface area contributed by atoms with Crippen molar-refractivity contribution in [3.8, 4) is 0 Å². The molecule has 0 spiro atoms. The van der Waals surface area contributed by atoms with Gasteiger partial charge in [0.1, 0.15) is 0 Å². The highest BCUT2D eigenvalue weighted by Gasteiger charge is 2.19. The number of hydrogen-bond donors (Lipinski definition) is 1. The summed E-state index contributed by atoms with van der Waals surface area (Å²) in [7, 11) is 1.53. The van der Waals surface area contributed by atoms with Crippen molar-refractivity contribution in [3.63, 3.8) is 0 Å². The smallest absolute Gasteiger partial charge is 0.338 e. The topological polar surface area (TPSA) is 81.7 Å². The maximum Gasteiger partial charge on any atom is 0.338 e. The lowest BCUT2D eigenvalue weighted by molar-refractivity contribution is -0.129. The minimum atomic E-state index is -0.926. The third-order valence-electron chi connectivity index (χ3n) is 3.68. The predicted molar refractivity (Wildman–Crippen MR) is 96.1 cm³/mol. The van der Waals surface area contributed by atoms with E-state index in [-0.39, 0.29) is 11.3 Å². The van der Waals surface area contributed by atoms with Gasteiger partial charge in [-0.3, -0.25) is 9.59 Å². The van der Waals surface area contributed by atoms with Crippen molar-refractivity contribution in [2.45, 2.75) is 13.0 Å². The molecule has 2 rings (SSSR count). The van der Waals surface area contributed by atoms with Crippen LogP contribution in [0.3, 0.4) is 0 Å². The molecule has 2 aromatic rings. The SMILES string of the molecule is COCCNC(=O)[C@@H](C)OC(=O)c1ccc(C(=O)c2ccccc2)cc1. The van der Waals surface area contributed by atoms with Crippen LogP contribution in [0.4, 0.5) is 0 Å². The molecule has 0 heterocycles. The van der Waals surface area contributed by atoms with Crippen LogP contribution in [0.2, 0.25) is 0 Å². The zero-order valence-electron chi connectivity index (χ0n) is 14.7. The molecule has 0 aliphatic heterocycles. The molecule has 2 aromatic carbocycles. The molecule has 0 bridgehead atoms. The molecule has 0 aliphatic rings. The van der Waals surface area contributed by atoms with E-state index in [1.807, 2.05) is 6.07 Å². The van der Waals surface area contributed by atoms with Gasteiger partial charge >= 0.3 is 5.97 Å². The molecule has 0 unspecified atom stereocenters. The summed E-state index contributed by atoms with van der Waals surface area (Å²) in [6.45, 7) is 2.21. The number of carbonyl (C=O) groups excluding carboxylic acids is 3. The molecule has 6 nitrogen and oxygen atoms in total. The number of methoxy groups -OCH3 is 1. The third-order valence-corrected chi connectivity index (χ3v) is 3.68. The summed E-state index contributed by atoms with van der Waals surface area (Å²) in [5.74, 6) is -1.15. The molecule has 136 valence electrons. The molecule has 26 heavy (non-hydrogen) atoms. The van der Waals surface area contributed by atoms with Gasteiger partial charge in [0.05, 0.1) is 12.2 Å². The van der Waals surface area contributed by atoms with E-state index >= 15 is 0 Å². The Labute approximate surface area is 152 Å². The summed E-state index contributed by atoms with van der Waals surface area (Å²) in [4.78, 5) is 36.3. The van der Waals surface area contributed by atoms with Crippen LogP contribution in [0, 0.1) is 0 Å². The van der Waals surface area contributed by atoms with Gasteiger partial charge in [-0.2, -0.15) is 0 Å². The molecule has 1 atom stereocenters. The molecule has 0 saturated heterocycles. The van der Waals surface area contributed by atoms with E-state index in [1.54, 1.807) is 36.4 Å². The lowest BCUT2D eigenvalue weighted by atomic mass is 10.0. The summed E-state index contributed by atoms with van der Waals surface area (Å²) in [6.07, 6.45) is -0.926. The Morgan fingerprint density at radius 1 is 0.923 bits per heavy atom. The Kier molecular flexibility index (Phi) is 7.05. The number of rotatable bonds is 8. The molecule has 6 heteroatoms. The van der Waals surface area contributed by atoms with Crippen LogP contribution < -0.4 is 5.32 Å². The monoisotopic (exact) mass is 355 g/mol. The van der Waals surface area contributed by atoms with Gasteiger partial charge < -0.3 is 14.8 Å². The van der Waals surface area contributed by atoms with E-state index in [0.29, 0.717) is 24.3 Å². The van der Waals surface area contributed by atoms with E-state index in [0.717, 1.165) is 0 Å². The second-order valence-corrected chi connectivity index (χ2v) is 5.60. The van der Waals surface area contributed by atoms with Crippen molar-refractivity contribution in [3.05, 3.63) is 71.3 Å². The van der Waals surface area contributed by atoms with Crippen molar-refractivity contribution >= 4 is 17.7 Å². The largest absolute Gasteiger partial charge is 0.449 e. The fraction of sp³-hybridized carbons (Fsp3) is 0.250. The molecular weight excluding hydrogens is 334 g/mol. The van der Waals surface area contributed by atoms with Crippen LogP contribution in [-0.2, 0) is 14.3 Å². The van der Waals surface area contributed by atoms with Gasteiger partial charge in [-0.1, -0.05) is 42.5 Å². The molecular formula is C20H21NO5. The second-order valence-electron chi connectivity index (χ2n) is 5.60. The predicted octanol–water partition coefficient (Wildman–Crippen LogP) is 2.23. The lowest BCUT2D eigenvalue weighted by Crippen LogP contribution is -2.37. The van der Waals surface area contributed by atoms with Crippen molar-refractivity contribution in [2.24, 2.45) is 0 Å². The number of hydrogen-bond acceptors (Lipinski definition) is 5. The maximum atomic E-state index is 12.3. The molecule has 0 fully saturated rings. The van der Waals surface area contributed by atoms with Crippen molar-refractivity contribution in [2.75, 3.05) is 20.3 Å². The summed E-state index contributed by atoms with van der Waals surface area (Å²) >= 11 is 0. The first-order valence-corrected chi connectivity index (χ1v) is 8.20. The van der Waals surface area contributed by atoms with Gasteiger partial charge in [-0.25, -0.2) is 4.79 Å². The van der Waals surface area contributed by atoms with Crippen LogP contribution >= 0.6 is 0 Å². The fourth-order valence-electron chi connectivity index (χ4n) is 2.22. The summed E-state index contributed by atoms with van der Waals surface area (Å²) in [6, 6.07) is 15.0. The van der Waals surface area contributed by atoms with E-state index in [4.69, 9.17) is 9.47 Å². The number of amides is 1. The Morgan fingerprint density at radius 3 is 2.12 bits per heavy atom. The number of carbonyl (C=O) groups is 3. The fourth-order valence-corrected chi connectivity index (χ4v) is 2.22. The zero-order valence-corrected chi connectivity index (χ0v) is 14.7. The first-order chi connectivity index (χ1) is 12.5. The van der Waals surface area contributed by atoms with Gasteiger partial charge in [0, 0.05) is 24.8 Å². The van der Waals surface area contributed by atoms with Gasteiger partial charge in [-0.05, 0) is 19.1 Å². The van der Waals surface area contributed by atoms with E-state index < -0.39 is 18.0 Å². The Morgan fingerprint density at radius 2 is 1.50 bits per heavy atom. The Balaban J connectivity index is 1.96. The number of nitrogens with one attached hydrogen (secondary N) is 1. The van der Waals surface area contributed by atoms with Crippen LogP contribution in [-0.4, -0.2) is 44.0 Å². The van der Waals surface area contributed by atoms with E-state index in [1.165, 1.54) is 26.2 Å². The van der Waals surface area contributed by atoms with Crippen molar-refractivity contribution in [1.29, 1.82) is 0 Å². The minimum absolute atomic E-state index is 0.128. The van der Waals surface area contributed by atoms with Crippen molar-refractivity contribution in [1.82, 2.24) is 5.32 Å². The molecule has 0 radical (unpaired) electrons. The minimum Gasteiger partial charge on any atom is -0.449 e. The van der Waals surface area contributed by atoms with Gasteiger partial charge in [0.15, 0.2) is 11.9 Å². The third kappa shape index (κ3) is 5.26. The van der Waals surface area contributed by atoms with Gasteiger partial charge in [0.2, 0.25) is 0 Å². The first kappa shape index (κ1) is 19.3. The van der Waals surface area contributed by atoms with Crippen molar-refractivity contribution < 1.29 is 23.9 Å². The molecule has 1 N–H and O–H groups in total. The Hall–Kier alpha value is -2.99. The average Bonchev–Trinajstić information content (AvgIpc) is 2.68. The quantitative estimate of drug-likeness (QED) is 0.446. The summed E-state index contributed by atoms with van der Waals surface area (Å²) in [5.41, 5.74) is 1.31. The second kappa shape index (κ2) is 9.48. The number of esters is 1. The summed E-state index contributed by atoms with van der Waals surface area (Å²) in [5, 5.41) is 2.60. The summed E-state index contributed by atoms with van der Waals surface area (Å²) < 4.78 is 9.97. The number of benzene rings is 2. The highest BCUT2D eigenvalue weighted by atomic mass is 16.5. The van der Waals surface area contributed by atoms with E-state index in [9.17, 15) is 14.4 Å². The zero-order chi connectivity index (χ0) is 18.9. The highest BCUT2D eigenvalue weighted by molar-refractivity contribution is 6.09. The highest BCUT2D eigenvalue weighted by Crippen LogP contribution is 2.12. The lowest BCUT2D eigenvalue weighted by Gasteiger charge is -2.13. The Bertz CT molecular complexity index is 756. The van der Waals surface area contributed by atoms with Gasteiger partial charge in [0.25, 0.3) is 5.91 Å². The average molecular weight is 355 g/mol. The normalized spacial score (nSPS) is 11.5. The van der Waals surface area contributed by atoms with Crippen LogP contribution in [0.1, 0.15) is 33.2 Å². The molecule has 0 aromatic heterocycles. The van der Waals surface area contributed by atoms with Gasteiger partial charge in [-0.15, -0.1) is 0 Å². The molecule has 1 amide bonds. The standard InChI is InChI=1S/C20H21NO5/c1-14(19(23)21-12-13-25-2)26-20(24)17-10-8-16(9-11-17)18(22)15-6-4-3-5-7-15/h3-11,14H,12-13H2,1-2H3,(H,21,23)/t14-/m1/s1. The number of ether oxygens (including phenoxy) is 2. The van der Waals surface area contributed by atoms with E-state index in [2.05, 4.69) is 5.32 Å². The first-order valence-electron chi connectivity index (χ1n) is 8.20. The van der Waals surface area contributed by atoms with Crippen LogP contribution in [0.5, 0.6) is 0 Å². The maximum absolute atomic E-state index is 12.3. The van der Waals surface area contributed by atoms with Crippen LogP contribution in [0.25, 0.3) is 0 Å². The molecule has 0 saturated carbocycles.